The average molecular weight is 262 g/mol. The van der Waals surface area contributed by atoms with Gasteiger partial charge in [-0.25, -0.2) is 0 Å². The van der Waals surface area contributed by atoms with Crippen molar-refractivity contribution in [1.82, 2.24) is 0 Å². The number of rotatable bonds is 4. The fraction of sp³-hybridized carbons (Fsp3) is 0.286. The Morgan fingerprint density at radius 2 is 2.11 bits per heavy atom. The van der Waals surface area contributed by atoms with E-state index in [9.17, 15) is 10.0 Å². The highest BCUT2D eigenvalue weighted by Gasteiger charge is 2.20. The van der Waals surface area contributed by atoms with Gasteiger partial charge in [-0.05, 0) is 42.6 Å². The zero-order chi connectivity index (χ0) is 13.7. The lowest BCUT2D eigenvalue weighted by molar-refractivity contribution is 0.427. The molecule has 0 saturated carbocycles. The van der Waals surface area contributed by atoms with Crippen molar-refractivity contribution in [2.75, 3.05) is 0 Å². The largest absolute Gasteiger partial charge is 0.489 e. The third-order valence-electron chi connectivity index (χ3n) is 2.71. The number of hydrogen-bond donors (Lipinski definition) is 2. The Morgan fingerprint density at radius 1 is 1.44 bits per heavy atom. The van der Waals surface area contributed by atoms with Gasteiger partial charge in [-0.2, -0.15) is 0 Å². The zero-order valence-corrected chi connectivity index (χ0v) is 11.9. The van der Waals surface area contributed by atoms with E-state index in [-0.39, 0.29) is 0 Å². The maximum Gasteiger partial charge on any atom is 0.489 e. The van der Waals surface area contributed by atoms with Gasteiger partial charge in [0.05, 0.1) is 0 Å². The predicted molar refractivity (Wildman–Crippen MR) is 81.6 cm³/mol. The quantitative estimate of drug-likeness (QED) is 0.810. The molecular weight excluding hydrogens is 243 g/mol. The molecule has 96 valence electrons. The molecule has 1 aromatic heterocycles. The Balaban J connectivity index is 3.44. The summed E-state index contributed by atoms with van der Waals surface area (Å²) in [7, 11) is -1.43. The second-order valence-electron chi connectivity index (χ2n) is 4.03. The van der Waals surface area contributed by atoms with Crippen molar-refractivity contribution in [3.8, 4) is 0 Å². The first kappa shape index (κ1) is 15.0. The molecule has 0 saturated heterocycles. The van der Waals surface area contributed by atoms with Crippen molar-refractivity contribution in [2.24, 2.45) is 0 Å². The number of thiophene rings is 1. The molecule has 0 atom stereocenters. The topological polar surface area (TPSA) is 40.5 Å². The fourth-order valence-electron chi connectivity index (χ4n) is 1.70. The highest BCUT2D eigenvalue weighted by molar-refractivity contribution is 7.12. The Kier molecular flexibility index (Phi) is 5.60. The summed E-state index contributed by atoms with van der Waals surface area (Å²) in [6.07, 6.45) is 8.53. The molecule has 0 aromatic carbocycles. The van der Waals surface area contributed by atoms with Crippen LogP contribution in [0.5, 0.6) is 0 Å². The summed E-state index contributed by atoms with van der Waals surface area (Å²) < 4.78 is 1.06. The van der Waals surface area contributed by atoms with E-state index in [1.165, 1.54) is 0 Å². The van der Waals surface area contributed by atoms with Crippen LogP contribution in [-0.4, -0.2) is 17.2 Å². The third kappa shape index (κ3) is 3.22. The van der Waals surface area contributed by atoms with Crippen LogP contribution in [0.15, 0.2) is 18.2 Å². The maximum absolute atomic E-state index is 9.45. The summed E-state index contributed by atoms with van der Waals surface area (Å²) in [5.74, 6) is 0. The lowest BCUT2D eigenvalue weighted by Gasteiger charge is -2.04. The molecule has 0 aliphatic heterocycles. The Bertz CT molecular complexity index is 567. The summed E-state index contributed by atoms with van der Waals surface area (Å²) in [5.41, 5.74) is 1.59. The van der Waals surface area contributed by atoms with E-state index in [0.29, 0.717) is 5.47 Å². The molecule has 0 bridgehead atoms. The van der Waals surface area contributed by atoms with Crippen molar-refractivity contribution in [1.29, 1.82) is 0 Å². The number of hydrogen-bond acceptors (Lipinski definition) is 3. The number of allylic oxidation sites excluding steroid dienone is 3. The van der Waals surface area contributed by atoms with Crippen molar-refractivity contribution in [3.05, 3.63) is 38.4 Å². The molecule has 2 N–H and O–H groups in total. The van der Waals surface area contributed by atoms with Gasteiger partial charge in [-0.15, -0.1) is 11.3 Å². The van der Waals surface area contributed by atoms with Crippen LogP contribution in [0.2, 0.25) is 0 Å². The average Bonchev–Trinajstić information content (AvgIpc) is 2.61. The van der Waals surface area contributed by atoms with Gasteiger partial charge in [-0.1, -0.05) is 31.7 Å². The van der Waals surface area contributed by atoms with Crippen molar-refractivity contribution >= 4 is 36.6 Å². The van der Waals surface area contributed by atoms with E-state index in [2.05, 4.69) is 6.58 Å². The molecule has 0 fully saturated rings. The van der Waals surface area contributed by atoms with E-state index in [1.54, 1.807) is 11.3 Å². The van der Waals surface area contributed by atoms with E-state index in [4.69, 9.17) is 0 Å². The highest BCUT2D eigenvalue weighted by atomic mass is 32.1. The van der Waals surface area contributed by atoms with Gasteiger partial charge in [0, 0.05) is 9.41 Å². The van der Waals surface area contributed by atoms with Crippen molar-refractivity contribution in [2.45, 2.75) is 27.2 Å². The minimum absolute atomic E-state index is 0.574. The molecular formula is C14H19BO2S. The first-order valence-electron chi connectivity index (χ1n) is 6.00. The normalized spacial score (nSPS) is 13.6. The van der Waals surface area contributed by atoms with Crippen molar-refractivity contribution in [3.63, 3.8) is 0 Å². The molecule has 0 aliphatic rings. The molecule has 2 nitrogen and oxygen atoms in total. The van der Waals surface area contributed by atoms with E-state index in [0.717, 1.165) is 26.6 Å². The molecule has 0 unspecified atom stereocenters. The van der Waals surface area contributed by atoms with Crippen molar-refractivity contribution < 1.29 is 10.0 Å². The molecule has 18 heavy (non-hydrogen) atoms. The van der Waals surface area contributed by atoms with Crippen LogP contribution >= 0.6 is 11.3 Å². The second-order valence-corrected chi connectivity index (χ2v) is 5.09. The molecule has 0 radical (unpaired) electrons. The first-order chi connectivity index (χ1) is 8.52. The van der Waals surface area contributed by atoms with Gasteiger partial charge in [-0.3, -0.25) is 0 Å². The Hall–Kier alpha value is -1.10. The molecule has 4 heteroatoms. The minimum Gasteiger partial charge on any atom is -0.423 e. The first-order valence-corrected chi connectivity index (χ1v) is 6.82. The Labute approximate surface area is 112 Å². The van der Waals surface area contributed by atoms with E-state index in [1.807, 2.05) is 45.1 Å². The highest BCUT2D eigenvalue weighted by Crippen LogP contribution is 2.21. The van der Waals surface area contributed by atoms with Gasteiger partial charge >= 0.3 is 7.12 Å². The monoisotopic (exact) mass is 262 g/mol. The maximum atomic E-state index is 9.45. The minimum atomic E-state index is -1.43. The van der Waals surface area contributed by atoms with Gasteiger partial charge in [0.15, 0.2) is 0 Å². The zero-order valence-electron chi connectivity index (χ0n) is 11.1. The molecule has 1 rings (SSSR count). The van der Waals surface area contributed by atoms with Gasteiger partial charge < -0.3 is 10.0 Å². The van der Waals surface area contributed by atoms with Crippen LogP contribution in [0.25, 0.3) is 18.1 Å². The van der Waals surface area contributed by atoms with Crippen LogP contribution in [0.1, 0.15) is 30.7 Å². The lowest BCUT2D eigenvalue weighted by atomic mass is 9.77. The standard InChI is InChI=1S/C14H19BO2S/c1-5-7-9-13-10(3)11(4)14(18-13)12(8-6-2)15(16)17/h5,7-9,16-17H,3,6H2,1-2,4H3/b7-5-,12-8+,13-9+. The molecule has 0 aliphatic carbocycles. The smallest absolute Gasteiger partial charge is 0.423 e. The lowest BCUT2D eigenvalue weighted by Crippen LogP contribution is -2.18. The predicted octanol–water partition coefficient (Wildman–Crippen LogP) is 1.63. The van der Waals surface area contributed by atoms with Crippen LogP contribution in [0, 0.1) is 6.92 Å². The summed E-state index contributed by atoms with van der Waals surface area (Å²) >= 11 is 1.54. The summed E-state index contributed by atoms with van der Waals surface area (Å²) in [4.78, 5) is 0.910. The van der Waals surface area contributed by atoms with E-state index >= 15 is 0 Å². The molecule has 1 heterocycles. The van der Waals surface area contributed by atoms with Gasteiger partial charge in [0.2, 0.25) is 0 Å². The van der Waals surface area contributed by atoms with E-state index < -0.39 is 7.12 Å². The van der Waals surface area contributed by atoms with Crippen LogP contribution in [0.3, 0.4) is 0 Å². The molecule has 1 aromatic rings. The van der Waals surface area contributed by atoms with Gasteiger partial charge in [0.1, 0.15) is 0 Å². The Morgan fingerprint density at radius 3 is 2.61 bits per heavy atom. The fourth-order valence-corrected chi connectivity index (χ4v) is 2.92. The van der Waals surface area contributed by atoms with Crippen LogP contribution < -0.4 is 9.75 Å². The SMILES string of the molecule is C=c1c(C)c(/C(=C\CC)B(O)O)s/c1=C/C=C\C. The summed E-state index contributed by atoms with van der Waals surface area (Å²) in [6, 6.07) is 0. The molecule has 0 spiro atoms. The summed E-state index contributed by atoms with van der Waals surface area (Å²) in [6.45, 7) is 9.95. The summed E-state index contributed by atoms with van der Waals surface area (Å²) in [5, 5.41) is 19.8. The van der Waals surface area contributed by atoms with Crippen LogP contribution in [0.4, 0.5) is 0 Å². The third-order valence-corrected chi connectivity index (χ3v) is 4.06. The van der Waals surface area contributed by atoms with Crippen LogP contribution in [-0.2, 0) is 0 Å². The van der Waals surface area contributed by atoms with Gasteiger partial charge in [0.25, 0.3) is 0 Å². The second kappa shape index (κ2) is 6.73. The molecule has 0 amide bonds.